The fourth-order valence-electron chi connectivity index (χ4n) is 2.62. The molecule has 1 aliphatic rings. The number of hydrogen-bond donors (Lipinski definition) is 0. The fraction of sp³-hybridized carbons (Fsp3) is 0.286. The molecule has 0 spiro atoms. The second-order valence-electron chi connectivity index (χ2n) is 7.37. The molecule has 0 atom stereocenters. The zero-order valence-electron chi connectivity index (χ0n) is 15.2. The first-order valence-corrected chi connectivity index (χ1v) is 8.50. The molecule has 0 N–H and O–H groups in total. The minimum atomic E-state index is -0.334. The highest BCUT2D eigenvalue weighted by Crippen LogP contribution is 2.36. The Morgan fingerprint density at radius 3 is 1.56 bits per heavy atom. The lowest BCUT2D eigenvalue weighted by Gasteiger charge is -2.32. The second-order valence-corrected chi connectivity index (χ2v) is 7.37. The molecule has 3 rings (SSSR count). The van der Waals surface area contributed by atoms with E-state index in [2.05, 4.69) is 39.8 Å². The molecule has 0 radical (unpaired) electrons. The Morgan fingerprint density at radius 2 is 1.12 bits per heavy atom. The maximum atomic E-state index is 10.7. The number of carbonyl (C=O) groups is 1. The average molecular weight is 334 g/mol. The van der Waals surface area contributed by atoms with Gasteiger partial charge in [0, 0.05) is 5.56 Å². The van der Waals surface area contributed by atoms with Gasteiger partial charge in [0.05, 0.1) is 11.2 Å². The summed E-state index contributed by atoms with van der Waals surface area (Å²) in [6.07, 6.45) is 4.92. The predicted molar refractivity (Wildman–Crippen MR) is 103 cm³/mol. The number of benzene rings is 2. The van der Waals surface area contributed by atoms with Crippen LogP contribution >= 0.6 is 0 Å². The summed E-state index contributed by atoms with van der Waals surface area (Å²) in [5, 5.41) is 0. The molecule has 0 aromatic heterocycles. The van der Waals surface area contributed by atoms with E-state index in [1.165, 1.54) is 0 Å². The van der Waals surface area contributed by atoms with Crippen LogP contribution in [0.4, 0.5) is 0 Å². The van der Waals surface area contributed by atoms with Gasteiger partial charge in [0.2, 0.25) is 0 Å². The van der Waals surface area contributed by atoms with E-state index in [4.69, 9.17) is 9.31 Å². The summed E-state index contributed by atoms with van der Waals surface area (Å²) in [4.78, 5) is 10.7. The summed E-state index contributed by atoms with van der Waals surface area (Å²) >= 11 is 0. The molecule has 25 heavy (non-hydrogen) atoms. The Bertz CT molecular complexity index is 758. The normalized spacial score (nSPS) is 18.6. The minimum absolute atomic E-state index is 0.329. The molecule has 1 aliphatic heterocycles. The van der Waals surface area contributed by atoms with Crippen LogP contribution in [0, 0.1) is 0 Å². The minimum Gasteiger partial charge on any atom is -0.399 e. The third kappa shape index (κ3) is 3.75. The summed E-state index contributed by atoms with van der Waals surface area (Å²) < 4.78 is 12.1. The smallest absolute Gasteiger partial charge is 0.399 e. The summed E-state index contributed by atoms with van der Waals surface area (Å²) in [6.45, 7) is 8.22. The van der Waals surface area contributed by atoms with Gasteiger partial charge in [-0.05, 0) is 44.3 Å². The molecule has 4 heteroatoms. The highest BCUT2D eigenvalue weighted by molar-refractivity contribution is 6.62. The molecule has 0 amide bonds. The Kier molecular flexibility index (Phi) is 4.68. The highest BCUT2D eigenvalue weighted by atomic mass is 16.7. The quantitative estimate of drug-likeness (QED) is 0.482. The Balaban J connectivity index is 1.70. The van der Waals surface area contributed by atoms with Crippen molar-refractivity contribution in [2.45, 2.75) is 38.9 Å². The molecule has 0 aliphatic carbocycles. The van der Waals surface area contributed by atoms with Gasteiger partial charge < -0.3 is 9.31 Å². The highest BCUT2D eigenvalue weighted by Gasteiger charge is 2.51. The van der Waals surface area contributed by atoms with Gasteiger partial charge in [-0.2, -0.15) is 0 Å². The number of rotatable bonds is 4. The average Bonchev–Trinajstić information content (AvgIpc) is 2.82. The largest absolute Gasteiger partial charge is 0.494 e. The second kappa shape index (κ2) is 6.62. The third-order valence-electron chi connectivity index (χ3n) is 5.00. The lowest BCUT2D eigenvalue weighted by atomic mass is 9.79. The maximum Gasteiger partial charge on any atom is 0.494 e. The van der Waals surface area contributed by atoms with Crippen molar-refractivity contribution >= 4 is 31.0 Å². The van der Waals surface area contributed by atoms with Crippen molar-refractivity contribution in [3.8, 4) is 0 Å². The molecule has 0 unspecified atom stereocenters. The molecule has 2 aromatic rings. The van der Waals surface area contributed by atoms with Crippen LogP contribution in [0.25, 0.3) is 12.2 Å². The molecule has 1 saturated heterocycles. The summed E-state index contributed by atoms with van der Waals surface area (Å²) in [6, 6.07) is 15.7. The van der Waals surface area contributed by atoms with Crippen LogP contribution in [0.3, 0.4) is 0 Å². The zero-order valence-corrected chi connectivity index (χ0v) is 15.2. The molecule has 2 aromatic carbocycles. The van der Waals surface area contributed by atoms with Gasteiger partial charge in [-0.15, -0.1) is 0 Å². The zero-order chi connectivity index (χ0) is 18.1. The molecular weight excluding hydrogens is 311 g/mol. The van der Waals surface area contributed by atoms with E-state index in [1.807, 2.05) is 48.6 Å². The number of hydrogen-bond acceptors (Lipinski definition) is 3. The Labute approximate surface area is 149 Å². The number of carbonyl (C=O) groups excluding carboxylic acids is 1. The first-order valence-electron chi connectivity index (χ1n) is 8.50. The maximum absolute atomic E-state index is 10.7. The van der Waals surface area contributed by atoms with E-state index < -0.39 is 0 Å². The third-order valence-corrected chi connectivity index (χ3v) is 5.00. The van der Waals surface area contributed by atoms with Gasteiger partial charge in [0.15, 0.2) is 0 Å². The van der Waals surface area contributed by atoms with Crippen molar-refractivity contribution in [2.75, 3.05) is 0 Å². The van der Waals surface area contributed by atoms with Crippen LogP contribution in [-0.4, -0.2) is 24.6 Å². The van der Waals surface area contributed by atoms with Gasteiger partial charge in [0.25, 0.3) is 0 Å². The van der Waals surface area contributed by atoms with Gasteiger partial charge in [0.1, 0.15) is 6.29 Å². The Hall–Kier alpha value is -2.17. The van der Waals surface area contributed by atoms with Crippen molar-refractivity contribution in [1.82, 2.24) is 0 Å². The molecule has 1 fully saturated rings. The molecule has 1 heterocycles. The first-order chi connectivity index (χ1) is 11.8. The van der Waals surface area contributed by atoms with Crippen molar-refractivity contribution < 1.29 is 14.1 Å². The molecular formula is C21H23BO3. The van der Waals surface area contributed by atoms with Gasteiger partial charge >= 0.3 is 7.12 Å². The van der Waals surface area contributed by atoms with E-state index >= 15 is 0 Å². The van der Waals surface area contributed by atoms with Gasteiger partial charge in [-0.25, -0.2) is 0 Å². The van der Waals surface area contributed by atoms with Crippen molar-refractivity contribution in [1.29, 1.82) is 0 Å². The molecule has 3 nitrogen and oxygen atoms in total. The van der Waals surface area contributed by atoms with E-state index in [0.717, 1.165) is 22.9 Å². The van der Waals surface area contributed by atoms with E-state index in [-0.39, 0.29) is 18.3 Å². The van der Waals surface area contributed by atoms with Crippen LogP contribution < -0.4 is 5.46 Å². The lowest BCUT2D eigenvalue weighted by Crippen LogP contribution is -2.41. The van der Waals surface area contributed by atoms with E-state index in [0.29, 0.717) is 5.56 Å². The van der Waals surface area contributed by atoms with Crippen LogP contribution in [-0.2, 0) is 9.31 Å². The van der Waals surface area contributed by atoms with E-state index in [1.54, 1.807) is 0 Å². The monoisotopic (exact) mass is 334 g/mol. The molecule has 128 valence electrons. The Morgan fingerprint density at radius 1 is 0.720 bits per heavy atom. The fourth-order valence-corrected chi connectivity index (χ4v) is 2.62. The molecule has 0 bridgehead atoms. The standard InChI is InChI=1S/C21H23BO3/c1-20(2)21(3,4)25-22(24-20)19-13-11-17(12-14-19)6-5-16-7-9-18(15-23)10-8-16/h5-15H,1-4H3/b6-5+. The topological polar surface area (TPSA) is 35.5 Å². The van der Waals surface area contributed by atoms with Crippen molar-refractivity contribution in [3.63, 3.8) is 0 Å². The predicted octanol–water partition coefficient (Wildman–Crippen LogP) is 3.97. The summed E-state index contributed by atoms with van der Waals surface area (Å²) in [5.74, 6) is 0. The van der Waals surface area contributed by atoms with Crippen LogP contribution in [0.5, 0.6) is 0 Å². The van der Waals surface area contributed by atoms with Gasteiger partial charge in [-0.3, -0.25) is 4.79 Å². The van der Waals surface area contributed by atoms with Crippen molar-refractivity contribution in [2.24, 2.45) is 0 Å². The van der Waals surface area contributed by atoms with Crippen molar-refractivity contribution in [3.05, 3.63) is 65.2 Å². The SMILES string of the molecule is CC1(C)OB(c2ccc(/C=C/c3ccc(C=O)cc3)cc2)OC1(C)C. The lowest BCUT2D eigenvalue weighted by molar-refractivity contribution is 0.00578. The van der Waals surface area contributed by atoms with Crippen LogP contribution in [0.2, 0.25) is 0 Å². The first kappa shape index (κ1) is 17.7. The van der Waals surface area contributed by atoms with Crippen LogP contribution in [0.15, 0.2) is 48.5 Å². The number of aldehydes is 1. The summed E-state index contributed by atoms with van der Waals surface area (Å²) in [5.41, 5.74) is 3.20. The summed E-state index contributed by atoms with van der Waals surface area (Å²) in [7, 11) is -0.334. The van der Waals surface area contributed by atoms with E-state index in [9.17, 15) is 4.79 Å². The van der Waals surface area contributed by atoms with Crippen LogP contribution in [0.1, 0.15) is 49.2 Å². The molecule has 0 saturated carbocycles. The van der Waals surface area contributed by atoms with Gasteiger partial charge in [-0.1, -0.05) is 60.7 Å².